The number of rotatable bonds is 7. The summed E-state index contributed by atoms with van der Waals surface area (Å²) in [6.07, 6.45) is 3.17. The second-order valence-corrected chi connectivity index (χ2v) is 4.43. The van der Waals surface area contributed by atoms with Crippen LogP contribution in [0, 0.1) is 5.92 Å². The van der Waals surface area contributed by atoms with Crippen LogP contribution < -0.4 is 0 Å². The summed E-state index contributed by atoms with van der Waals surface area (Å²) in [6, 6.07) is 0. The fourth-order valence-electron chi connectivity index (χ4n) is 2.11. The molecule has 1 rings (SSSR count). The Morgan fingerprint density at radius 2 is 2.22 bits per heavy atom. The van der Waals surface area contributed by atoms with Crippen molar-refractivity contribution in [3.63, 3.8) is 0 Å². The molecule has 4 nitrogen and oxygen atoms in total. The number of ether oxygens (including phenoxy) is 3. The summed E-state index contributed by atoms with van der Waals surface area (Å²) in [7, 11) is 1.66. The third-order valence-corrected chi connectivity index (χ3v) is 2.88. The van der Waals surface area contributed by atoms with Gasteiger partial charge in [-0.25, -0.2) is 0 Å². The molecule has 0 fully saturated rings. The van der Waals surface area contributed by atoms with Crippen molar-refractivity contribution in [3.05, 3.63) is 23.2 Å². The van der Waals surface area contributed by atoms with Gasteiger partial charge in [0.15, 0.2) is 6.29 Å². The van der Waals surface area contributed by atoms with Gasteiger partial charge in [-0.1, -0.05) is 6.92 Å². The third-order valence-electron chi connectivity index (χ3n) is 2.88. The van der Waals surface area contributed by atoms with E-state index in [0.717, 1.165) is 23.5 Å². The molecular formula is C14H24O4. The van der Waals surface area contributed by atoms with Crippen LogP contribution in [0.2, 0.25) is 0 Å². The highest BCUT2D eigenvalue weighted by Gasteiger charge is 2.23. The molecule has 0 bridgehead atoms. The molecule has 0 spiro atoms. The topological polar surface area (TPSA) is 47.9 Å². The van der Waals surface area contributed by atoms with Crippen LogP contribution in [0.15, 0.2) is 23.2 Å². The number of hydrogen-bond donors (Lipinski definition) is 1. The lowest BCUT2D eigenvalue weighted by molar-refractivity contribution is -0.0982. The maximum Gasteiger partial charge on any atom is 0.196 e. The van der Waals surface area contributed by atoms with Gasteiger partial charge in [-0.05, 0) is 25.8 Å². The minimum absolute atomic E-state index is 0.0836. The van der Waals surface area contributed by atoms with Gasteiger partial charge in [-0.3, -0.25) is 0 Å². The van der Waals surface area contributed by atoms with Crippen molar-refractivity contribution in [2.75, 3.05) is 20.3 Å². The van der Waals surface area contributed by atoms with E-state index in [9.17, 15) is 0 Å². The quantitative estimate of drug-likeness (QED) is 0.711. The fraction of sp³-hybridized carbons (Fsp3) is 0.714. The first-order valence-electron chi connectivity index (χ1n) is 6.49. The molecule has 2 atom stereocenters. The van der Waals surface area contributed by atoms with Crippen molar-refractivity contribution in [2.45, 2.75) is 39.9 Å². The van der Waals surface area contributed by atoms with Crippen molar-refractivity contribution < 1.29 is 19.3 Å². The molecule has 0 aromatic carbocycles. The van der Waals surface area contributed by atoms with E-state index >= 15 is 0 Å². The second kappa shape index (κ2) is 7.44. The second-order valence-electron chi connectivity index (χ2n) is 4.43. The van der Waals surface area contributed by atoms with Crippen LogP contribution in [0.5, 0.6) is 0 Å². The molecule has 1 aliphatic carbocycles. The Bertz CT molecular complexity index is 320. The predicted octanol–water partition coefficient (Wildman–Crippen LogP) is 2.59. The van der Waals surface area contributed by atoms with Crippen LogP contribution >= 0.6 is 0 Å². The van der Waals surface area contributed by atoms with Gasteiger partial charge < -0.3 is 19.3 Å². The molecule has 1 aliphatic rings. The minimum atomic E-state index is -0.293. The molecule has 0 aromatic rings. The molecule has 1 N–H and O–H groups in total. The van der Waals surface area contributed by atoms with Crippen LogP contribution in [0.1, 0.15) is 33.6 Å². The standard InChI is InChI=1S/C14H24O4/c1-5-17-11(3)18-14-9-10(2)8-13(16-4)12(14)6-7-15/h9-11,15H,5-8H2,1-4H3. The number of allylic oxidation sites excluding steroid dienone is 3. The monoisotopic (exact) mass is 256 g/mol. The van der Waals surface area contributed by atoms with E-state index in [1.807, 2.05) is 13.8 Å². The molecule has 0 saturated heterocycles. The highest BCUT2D eigenvalue weighted by Crippen LogP contribution is 2.32. The van der Waals surface area contributed by atoms with Gasteiger partial charge in [0.25, 0.3) is 0 Å². The van der Waals surface area contributed by atoms with E-state index in [1.165, 1.54) is 0 Å². The lowest BCUT2D eigenvalue weighted by Gasteiger charge is -2.26. The van der Waals surface area contributed by atoms with Crippen LogP contribution in [-0.4, -0.2) is 31.7 Å². The van der Waals surface area contributed by atoms with E-state index in [2.05, 4.69) is 13.0 Å². The summed E-state index contributed by atoms with van der Waals surface area (Å²) in [6.45, 7) is 6.61. The summed E-state index contributed by atoms with van der Waals surface area (Å²) < 4.78 is 16.6. The largest absolute Gasteiger partial charge is 0.501 e. The van der Waals surface area contributed by atoms with Crippen LogP contribution in [0.3, 0.4) is 0 Å². The van der Waals surface area contributed by atoms with Gasteiger partial charge in [0.1, 0.15) is 11.5 Å². The zero-order chi connectivity index (χ0) is 13.5. The molecule has 2 unspecified atom stereocenters. The minimum Gasteiger partial charge on any atom is -0.501 e. The number of hydrogen-bond acceptors (Lipinski definition) is 4. The average Bonchev–Trinajstić information content (AvgIpc) is 2.32. The first-order valence-corrected chi connectivity index (χ1v) is 6.49. The highest BCUT2D eigenvalue weighted by molar-refractivity contribution is 5.33. The van der Waals surface area contributed by atoms with E-state index in [4.69, 9.17) is 19.3 Å². The van der Waals surface area contributed by atoms with Crippen molar-refractivity contribution in [3.8, 4) is 0 Å². The Kier molecular flexibility index (Phi) is 6.22. The van der Waals surface area contributed by atoms with Crippen LogP contribution in [-0.2, 0) is 14.2 Å². The Morgan fingerprint density at radius 3 is 2.78 bits per heavy atom. The third kappa shape index (κ3) is 4.03. The summed E-state index contributed by atoms with van der Waals surface area (Å²) in [4.78, 5) is 0. The average molecular weight is 256 g/mol. The van der Waals surface area contributed by atoms with Crippen molar-refractivity contribution >= 4 is 0 Å². The molecule has 0 amide bonds. The van der Waals surface area contributed by atoms with Gasteiger partial charge in [0.05, 0.1) is 7.11 Å². The molecule has 0 aliphatic heterocycles. The molecular weight excluding hydrogens is 232 g/mol. The molecule has 0 saturated carbocycles. The summed E-state index contributed by atoms with van der Waals surface area (Å²) in [5.41, 5.74) is 0.949. The molecule has 104 valence electrons. The zero-order valence-electron chi connectivity index (χ0n) is 11.7. The van der Waals surface area contributed by atoms with Crippen molar-refractivity contribution in [2.24, 2.45) is 5.92 Å². The van der Waals surface area contributed by atoms with Crippen molar-refractivity contribution in [1.82, 2.24) is 0 Å². The van der Waals surface area contributed by atoms with Crippen LogP contribution in [0.25, 0.3) is 0 Å². The molecule has 18 heavy (non-hydrogen) atoms. The van der Waals surface area contributed by atoms with E-state index in [-0.39, 0.29) is 12.9 Å². The highest BCUT2D eigenvalue weighted by atomic mass is 16.7. The maximum atomic E-state index is 9.15. The lowest BCUT2D eigenvalue weighted by Crippen LogP contribution is -2.18. The smallest absolute Gasteiger partial charge is 0.196 e. The maximum absolute atomic E-state index is 9.15. The number of methoxy groups -OCH3 is 1. The van der Waals surface area contributed by atoms with Gasteiger partial charge in [0, 0.05) is 31.6 Å². The lowest BCUT2D eigenvalue weighted by atomic mass is 9.93. The molecule has 0 aromatic heterocycles. The van der Waals surface area contributed by atoms with Gasteiger partial charge >= 0.3 is 0 Å². The Hall–Kier alpha value is -1.00. The van der Waals surface area contributed by atoms with E-state index < -0.39 is 0 Å². The summed E-state index contributed by atoms with van der Waals surface area (Å²) in [5, 5.41) is 9.15. The predicted molar refractivity (Wildman–Crippen MR) is 69.8 cm³/mol. The van der Waals surface area contributed by atoms with Gasteiger partial charge in [0.2, 0.25) is 0 Å². The van der Waals surface area contributed by atoms with Crippen molar-refractivity contribution in [1.29, 1.82) is 0 Å². The SMILES string of the molecule is CCOC(C)OC1=CC(C)CC(OC)=C1CCO. The zero-order valence-corrected chi connectivity index (χ0v) is 11.7. The first kappa shape index (κ1) is 15.1. The summed E-state index contributed by atoms with van der Waals surface area (Å²) >= 11 is 0. The number of aliphatic hydroxyl groups excluding tert-OH is 1. The summed E-state index contributed by atoms with van der Waals surface area (Å²) in [5.74, 6) is 2.05. The van der Waals surface area contributed by atoms with E-state index in [0.29, 0.717) is 18.9 Å². The van der Waals surface area contributed by atoms with Gasteiger partial charge in [-0.15, -0.1) is 0 Å². The molecule has 0 heterocycles. The Morgan fingerprint density at radius 1 is 1.50 bits per heavy atom. The van der Waals surface area contributed by atoms with Crippen LogP contribution in [0.4, 0.5) is 0 Å². The number of aliphatic hydroxyl groups is 1. The Balaban J connectivity index is 2.85. The molecule has 0 radical (unpaired) electrons. The molecule has 4 heteroatoms. The van der Waals surface area contributed by atoms with Gasteiger partial charge in [-0.2, -0.15) is 0 Å². The normalized spacial score (nSPS) is 21.6. The fourth-order valence-corrected chi connectivity index (χ4v) is 2.11. The first-order chi connectivity index (χ1) is 8.62. The Labute approximate surface area is 109 Å². The van der Waals surface area contributed by atoms with E-state index in [1.54, 1.807) is 7.11 Å².